The van der Waals surface area contributed by atoms with Gasteiger partial charge in [-0.1, -0.05) is 11.6 Å². The molecule has 0 spiro atoms. The number of aliphatic carboxylic acids is 1. The third-order valence-electron chi connectivity index (χ3n) is 2.17. The maximum atomic E-state index is 10.7. The van der Waals surface area contributed by atoms with Gasteiger partial charge in [0.05, 0.1) is 11.2 Å². The highest BCUT2D eigenvalue weighted by molar-refractivity contribution is 6.30. The molecule has 0 aliphatic carbocycles. The van der Waals surface area contributed by atoms with Crippen molar-refractivity contribution in [3.05, 3.63) is 17.4 Å². The number of hydrogen-bond donors (Lipinski definition) is 2. The van der Waals surface area contributed by atoms with Crippen LogP contribution >= 0.6 is 11.6 Å². The standard InChI is InChI=1S/C9H14ClN3O2/c1-9(11,8(14)15)3-2-4-13-6-7(10)5-12-13/h5-6H,2-4,11H2,1H3,(H,14,15). The Bertz CT molecular complexity index is 349. The molecule has 0 aromatic carbocycles. The van der Waals surface area contributed by atoms with Gasteiger partial charge in [-0.3, -0.25) is 9.48 Å². The molecule has 0 aliphatic rings. The number of carboxylic acids is 1. The smallest absolute Gasteiger partial charge is 0.323 e. The molecule has 0 saturated carbocycles. The Morgan fingerprint density at radius 2 is 2.47 bits per heavy atom. The number of rotatable bonds is 5. The third-order valence-corrected chi connectivity index (χ3v) is 2.37. The Hall–Kier alpha value is -1.07. The number of hydrogen-bond acceptors (Lipinski definition) is 3. The summed E-state index contributed by atoms with van der Waals surface area (Å²) in [6.07, 6.45) is 4.29. The van der Waals surface area contributed by atoms with Crippen LogP contribution in [0, 0.1) is 0 Å². The molecule has 5 nitrogen and oxygen atoms in total. The van der Waals surface area contributed by atoms with E-state index < -0.39 is 11.5 Å². The fraction of sp³-hybridized carbons (Fsp3) is 0.556. The second-order valence-corrected chi connectivity index (χ2v) is 4.18. The van der Waals surface area contributed by atoms with Crippen LogP contribution in [0.1, 0.15) is 19.8 Å². The first kappa shape index (κ1) is 12.0. The Kier molecular flexibility index (Phi) is 3.71. The van der Waals surface area contributed by atoms with E-state index in [0.717, 1.165) is 0 Å². The summed E-state index contributed by atoms with van der Waals surface area (Å²) in [4.78, 5) is 10.7. The summed E-state index contributed by atoms with van der Waals surface area (Å²) >= 11 is 5.68. The van der Waals surface area contributed by atoms with Crippen molar-refractivity contribution >= 4 is 17.6 Å². The molecule has 6 heteroatoms. The summed E-state index contributed by atoms with van der Waals surface area (Å²) in [5.74, 6) is -0.985. The van der Waals surface area contributed by atoms with Gasteiger partial charge in [0.1, 0.15) is 5.54 Å². The van der Waals surface area contributed by atoms with Gasteiger partial charge in [0.2, 0.25) is 0 Å². The van der Waals surface area contributed by atoms with Crippen LogP contribution in [0.4, 0.5) is 0 Å². The Balaban J connectivity index is 2.36. The molecule has 0 aliphatic heterocycles. The average molecular weight is 232 g/mol. The number of nitrogens with two attached hydrogens (primary N) is 1. The van der Waals surface area contributed by atoms with Crippen LogP contribution in [0.15, 0.2) is 12.4 Å². The zero-order chi connectivity index (χ0) is 11.5. The van der Waals surface area contributed by atoms with Crippen molar-refractivity contribution in [2.24, 2.45) is 5.73 Å². The third kappa shape index (κ3) is 3.53. The normalized spacial score (nSPS) is 14.9. The zero-order valence-electron chi connectivity index (χ0n) is 8.48. The van der Waals surface area contributed by atoms with Gasteiger partial charge in [-0.25, -0.2) is 0 Å². The minimum Gasteiger partial charge on any atom is -0.480 e. The van der Waals surface area contributed by atoms with E-state index in [9.17, 15) is 4.79 Å². The lowest BCUT2D eigenvalue weighted by Gasteiger charge is -2.18. The Morgan fingerprint density at radius 1 is 1.80 bits per heavy atom. The number of aryl methyl sites for hydroxylation is 1. The van der Waals surface area contributed by atoms with Crippen LogP contribution in [0.5, 0.6) is 0 Å². The van der Waals surface area contributed by atoms with Crippen molar-refractivity contribution in [1.82, 2.24) is 9.78 Å². The molecule has 0 bridgehead atoms. The predicted octanol–water partition coefficient (Wildman–Crippen LogP) is 1.12. The van der Waals surface area contributed by atoms with Gasteiger partial charge in [-0.05, 0) is 19.8 Å². The molecule has 1 atom stereocenters. The number of carbonyl (C=O) groups is 1. The van der Waals surface area contributed by atoms with E-state index in [2.05, 4.69) is 5.10 Å². The number of halogens is 1. The highest BCUT2D eigenvalue weighted by atomic mass is 35.5. The molecule has 0 radical (unpaired) electrons. The van der Waals surface area contributed by atoms with E-state index in [4.69, 9.17) is 22.4 Å². The molecule has 1 rings (SSSR count). The SMILES string of the molecule is CC(N)(CCCn1cc(Cl)cn1)C(=O)O. The summed E-state index contributed by atoms with van der Waals surface area (Å²) < 4.78 is 1.67. The van der Waals surface area contributed by atoms with Gasteiger partial charge in [-0.2, -0.15) is 5.10 Å². The van der Waals surface area contributed by atoms with Crippen LogP contribution in [-0.2, 0) is 11.3 Å². The number of nitrogens with zero attached hydrogens (tertiary/aromatic N) is 2. The van der Waals surface area contributed by atoms with Crippen LogP contribution in [0.3, 0.4) is 0 Å². The molecule has 1 aromatic rings. The molecular weight excluding hydrogens is 218 g/mol. The molecule has 0 fully saturated rings. The number of aromatic nitrogens is 2. The quantitative estimate of drug-likeness (QED) is 0.796. The van der Waals surface area contributed by atoms with Crippen LogP contribution in [0.2, 0.25) is 5.02 Å². The van der Waals surface area contributed by atoms with E-state index in [-0.39, 0.29) is 0 Å². The number of carboxylic acid groups (broad SMARTS) is 1. The van der Waals surface area contributed by atoms with Gasteiger partial charge in [0.25, 0.3) is 0 Å². The van der Waals surface area contributed by atoms with Crippen LogP contribution < -0.4 is 5.73 Å². The van der Waals surface area contributed by atoms with Crippen LogP contribution in [-0.4, -0.2) is 26.4 Å². The second kappa shape index (κ2) is 4.63. The first-order chi connectivity index (χ1) is 6.92. The van der Waals surface area contributed by atoms with E-state index in [1.165, 1.54) is 6.92 Å². The lowest BCUT2D eigenvalue weighted by molar-refractivity contribution is -0.142. The summed E-state index contributed by atoms with van der Waals surface area (Å²) in [5, 5.41) is 13.3. The summed E-state index contributed by atoms with van der Waals surface area (Å²) in [6.45, 7) is 2.12. The van der Waals surface area contributed by atoms with Crippen molar-refractivity contribution in [2.45, 2.75) is 31.8 Å². The molecule has 3 N–H and O–H groups in total. The van der Waals surface area contributed by atoms with Crippen molar-refractivity contribution in [3.63, 3.8) is 0 Å². The van der Waals surface area contributed by atoms with E-state index in [0.29, 0.717) is 24.4 Å². The van der Waals surface area contributed by atoms with Crippen molar-refractivity contribution < 1.29 is 9.90 Å². The molecule has 84 valence electrons. The maximum absolute atomic E-state index is 10.7. The van der Waals surface area contributed by atoms with Gasteiger partial charge >= 0.3 is 5.97 Å². The summed E-state index contributed by atoms with van der Waals surface area (Å²) in [6, 6.07) is 0. The first-order valence-electron chi connectivity index (χ1n) is 4.62. The van der Waals surface area contributed by atoms with Gasteiger partial charge < -0.3 is 10.8 Å². The monoisotopic (exact) mass is 231 g/mol. The first-order valence-corrected chi connectivity index (χ1v) is 5.00. The Morgan fingerprint density at radius 3 is 2.93 bits per heavy atom. The molecule has 0 amide bonds. The van der Waals surface area contributed by atoms with E-state index in [1.807, 2.05) is 0 Å². The minimum absolute atomic E-state index is 0.403. The molecule has 0 saturated heterocycles. The predicted molar refractivity (Wildman–Crippen MR) is 56.7 cm³/mol. The van der Waals surface area contributed by atoms with Crippen molar-refractivity contribution in [2.75, 3.05) is 0 Å². The van der Waals surface area contributed by atoms with Gasteiger partial charge in [0, 0.05) is 12.7 Å². The molecule has 1 heterocycles. The molecular formula is C9H14ClN3O2. The fourth-order valence-corrected chi connectivity index (χ4v) is 1.33. The maximum Gasteiger partial charge on any atom is 0.323 e. The van der Waals surface area contributed by atoms with Crippen molar-refractivity contribution in [3.8, 4) is 0 Å². The molecule has 1 unspecified atom stereocenters. The lowest BCUT2D eigenvalue weighted by Crippen LogP contribution is -2.44. The fourth-order valence-electron chi connectivity index (χ4n) is 1.18. The average Bonchev–Trinajstić information content (AvgIpc) is 2.51. The van der Waals surface area contributed by atoms with Crippen LogP contribution in [0.25, 0.3) is 0 Å². The lowest BCUT2D eigenvalue weighted by atomic mass is 9.98. The minimum atomic E-state index is -1.17. The zero-order valence-corrected chi connectivity index (χ0v) is 9.24. The summed E-state index contributed by atoms with van der Waals surface area (Å²) in [5.41, 5.74) is 4.40. The molecule has 1 aromatic heterocycles. The topological polar surface area (TPSA) is 81.1 Å². The van der Waals surface area contributed by atoms with Gasteiger partial charge in [0.15, 0.2) is 0 Å². The Labute approximate surface area is 92.8 Å². The highest BCUT2D eigenvalue weighted by Crippen LogP contribution is 2.11. The highest BCUT2D eigenvalue weighted by Gasteiger charge is 2.26. The van der Waals surface area contributed by atoms with E-state index in [1.54, 1.807) is 17.1 Å². The largest absolute Gasteiger partial charge is 0.480 e. The van der Waals surface area contributed by atoms with Crippen molar-refractivity contribution in [1.29, 1.82) is 0 Å². The second-order valence-electron chi connectivity index (χ2n) is 3.75. The van der Waals surface area contributed by atoms with E-state index >= 15 is 0 Å². The summed E-state index contributed by atoms with van der Waals surface area (Å²) in [7, 11) is 0. The molecule has 15 heavy (non-hydrogen) atoms. The van der Waals surface area contributed by atoms with Gasteiger partial charge in [-0.15, -0.1) is 0 Å².